The molecule has 1 aliphatic heterocycles. The normalized spacial score (nSPS) is 14.7. The molecule has 1 fully saturated rings. The number of piperidine rings is 1. The van der Waals surface area contributed by atoms with Crippen LogP contribution in [0.4, 0.5) is 0 Å². The van der Waals surface area contributed by atoms with Crippen molar-refractivity contribution in [1.29, 1.82) is 0 Å². The first-order valence-electron chi connectivity index (χ1n) is 10.8. The highest BCUT2D eigenvalue weighted by Crippen LogP contribution is 2.23. The minimum Gasteiger partial charge on any atom is -0.337 e. The molecule has 0 unspecified atom stereocenters. The third-order valence-corrected chi connectivity index (χ3v) is 6.15. The van der Waals surface area contributed by atoms with E-state index in [1.54, 1.807) is 34.0 Å². The maximum Gasteiger partial charge on any atom is 0.275 e. The molecule has 0 radical (unpaired) electrons. The van der Waals surface area contributed by atoms with Crippen LogP contribution in [0.1, 0.15) is 23.3 Å². The molecule has 8 heteroatoms. The molecule has 1 aliphatic rings. The Kier molecular flexibility index (Phi) is 5.26. The maximum absolute atomic E-state index is 13.1. The van der Waals surface area contributed by atoms with Gasteiger partial charge in [-0.2, -0.15) is 5.10 Å². The van der Waals surface area contributed by atoms with Gasteiger partial charge >= 0.3 is 0 Å². The Morgan fingerprint density at radius 3 is 2.69 bits per heavy atom. The molecule has 8 nitrogen and oxygen atoms in total. The second-order valence-corrected chi connectivity index (χ2v) is 8.23. The molecule has 1 amide bonds. The van der Waals surface area contributed by atoms with Gasteiger partial charge in [0, 0.05) is 56.1 Å². The molecule has 1 aromatic carbocycles. The van der Waals surface area contributed by atoms with Crippen LogP contribution in [0.25, 0.3) is 22.2 Å². The van der Waals surface area contributed by atoms with E-state index in [9.17, 15) is 9.59 Å². The number of amides is 1. The third kappa shape index (κ3) is 3.79. The topological polar surface area (TPSA) is 85.9 Å². The van der Waals surface area contributed by atoms with E-state index in [-0.39, 0.29) is 11.5 Å². The van der Waals surface area contributed by atoms with Gasteiger partial charge in [-0.1, -0.05) is 18.2 Å². The van der Waals surface area contributed by atoms with E-state index in [1.807, 2.05) is 48.3 Å². The van der Waals surface area contributed by atoms with Gasteiger partial charge in [0.1, 0.15) is 0 Å². The first-order chi connectivity index (χ1) is 15.6. The first-order valence-corrected chi connectivity index (χ1v) is 10.8. The summed E-state index contributed by atoms with van der Waals surface area (Å²) in [6, 6.07) is 13.1. The molecule has 162 valence electrons. The Morgan fingerprint density at radius 1 is 1.12 bits per heavy atom. The van der Waals surface area contributed by atoms with E-state index >= 15 is 0 Å². The molecule has 5 rings (SSSR count). The van der Waals surface area contributed by atoms with E-state index in [0.717, 1.165) is 29.3 Å². The van der Waals surface area contributed by atoms with Crippen molar-refractivity contribution in [3.05, 3.63) is 77.2 Å². The van der Waals surface area contributed by atoms with Crippen LogP contribution in [0.3, 0.4) is 0 Å². The number of rotatable bonds is 4. The summed E-state index contributed by atoms with van der Waals surface area (Å²) in [5.74, 6) is 0.295. The minimum absolute atomic E-state index is 0.0279. The van der Waals surface area contributed by atoms with Crippen molar-refractivity contribution >= 4 is 16.8 Å². The molecule has 3 aromatic heterocycles. The summed E-state index contributed by atoms with van der Waals surface area (Å²) in [6.45, 7) is 1.92. The number of pyridine rings is 1. The Balaban J connectivity index is 1.24. The number of carbonyl (C=O) groups is 1. The van der Waals surface area contributed by atoms with Gasteiger partial charge in [-0.15, -0.1) is 0 Å². The second-order valence-electron chi connectivity index (χ2n) is 8.23. The summed E-state index contributed by atoms with van der Waals surface area (Å²) in [4.78, 5) is 36.1. The molecule has 0 N–H and O–H groups in total. The standard InChI is InChI=1S/C24H24N6O2/c1-28-21-7-3-2-6-19(21)23(27-28)24(32)29-11-8-17(9-12-29)15-30-16-26-20(13-22(30)31)18-5-4-10-25-14-18/h2-7,10,13-14,16-17H,8-9,11-12,15H2,1H3. The zero-order valence-electron chi connectivity index (χ0n) is 17.9. The number of hydrogen-bond donors (Lipinski definition) is 0. The van der Waals surface area contributed by atoms with Crippen molar-refractivity contribution < 1.29 is 4.79 Å². The molecule has 0 saturated carbocycles. The fourth-order valence-electron chi connectivity index (χ4n) is 4.35. The smallest absolute Gasteiger partial charge is 0.275 e. The summed E-state index contributed by atoms with van der Waals surface area (Å²) in [6.07, 6.45) is 6.69. The van der Waals surface area contributed by atoms with Crippen LogP contribution in [-0.2, 0) is 13.6 Å². The highest BCUT2D eigenvalue weighted by Gasteiger charge is 2.27. The maximum atomic E-state index is 13.1. The molecule has 1 saturated heterocycles. The number of benzene rings is 1. The highest BCUT2D eigenvalue weighted by atomic mass is 16.2. The van der Waals surface area contributed by atoms with Crippen LogP contribution in [0, 0.1) is 5.92 Å². The van der Waals surface area contributed by atoms with Gasteiger partial charge in [-0.25, -0.2) is 4.98 Å². The lowest BCUT2D eigenvalue weighted by molar-refractivity contribution is 0.0677. The Morgan fingerprint density at radius 2 is 1.94 bits per heavy atom. The van der Waals surface area contributed by atoms with Crippen LogP contribution in [0.15, 0.2) is 66.0 Å². The van der Waals surface area contributed by atoms with Crippen molar-refractivity contribution in [2.24, 2.45) is 13.0 Å². The predicted octanol–water partition coefficient (Wildman–Crippen LogP) is 2.74. The summed E-state index contributed by atoms with van der Waals surface area (Å²) in [5, 5.41) is 5.35. The number of hydrogen-bond acceptors (Lipinski definition) is 5. The third-order valence-electron chi connectivity index (χ3n) is 6.15. The second kappa shape index (κ2) is 8.37. The van der Waals surface area contributed by atoms with Crippen LogP contribution in [0.2, 0.25) is 0 Å². The quantitative estimate of drug-likeness (QED) is 0.499. The SMILES string of the molecule is Cn1nc(C(=O)N2CCC(Cn3cnc(-c4cccnc4)cc3=O)CC2)c2ccccc21. The Labute approximate surface area is 185 Å². The Bertz CT molecular complexity index is 1320. The number of aromatic nitrogens is 5. The average molecular weight is 428 g/mol. The van der Waals surface area contributed by atoms with Crippen LogP contribution >= 0.6 is 0 Å². The molecule has 32 heavy (non-hydrogen) atoms. The fraction of sp³-hybridized carbons (Fsp3) is 0.292. The summed E-state index contributed by atoms with van der Waals surface area (Å²) < 4.78 is 3.41. The lowest BCUT2D eigenvalue weighted by Crippen LogP contribution is -2.40. The largest absolute Gasteiger partial charge is 0.337 e. The summed E-state index contributed by atoms with van der Waals surface area (Å²) >= 11 is 0. The number of nitrogens with zero attached hydrogens (tertiary/aromatic N) is 6. The predicted molar refractivity (Wildman–Crippen MR) is 121 cm³/mol. The first kappa shape index (κ1) is 20.1. The molecule has 4 heterocycles. The van der Waals surface area contributed by atoms with Crippen LogP contribution in [-0.4, -0.2) is 48.2 Å². The molecule has 4 aromatic rings. The van der Waals surface area contributed by atoms with Gasteiger partial charge in [0.25, 0.3) is 11.5 Å². The van der Waals surface area contributed by atoms with Crippen molar-refractivity contribution in [1.82, 2.24) is 29.2 Å². The number of likely N-dealkylation sites (tertiary alicyclic amines) is 1. The molecule has 0 aliphatic carbocycles. The fourth-order valence-corrected chi connectivity index (χ4v) is 4.35. The van der Waals surface area contributed by atoms with Crippen LogP contribution in [0.5, 0.6) is 0 Å². The lowest BCUT2D eigenvalue weighted by atomic mass is 9.96. The Hall–Kier alpha value is -3.81. The van der Waals surface area contributed by atoms with Crippen molar-refractivity contribution in [2.75, 3.05) is 13.1 Å². The number of fused-ring (bicyclic) bond motifs is 1. The number of aryl methyl sites for hydroxylation is 1. The number of carbonyl (C=O) groups excluding carboxylic acids is 1. The van der Waals surface area contributed by atoms with E-state index in [4.69, 9.17) is 0 Å². The zero-order chi connectivity index (χ0) is 22.1. The molecular formula is C24H24N6O2. The molecular weight excluding hydrogens is 404 g/mol. The van der Waals surface area contributed by atoms with E-state index in [2.05, 4.69) is 15.1 Å². The van der Waals surface area contributed by atoms with Gasteiger partial charge in [-0.05, 0) is 37.0 Å². The van der Waals surface area contributed by atoms with Gasteiger partial charge in [0.05, 0.1) is 17.5 Å². The molecule has 0 spiro atoms. The molecule has 0 bridgehead atoms. The highest BCUT2D eigenvalue weighted by molar-refractivity contribution is 6.04. The van der Waals surface area contributed by atoms with E-state index < -0.39 is 0 Å². The lowest BCUT2D eigenvalue weighted by Gasteiger charge is -2.31. The van der Waals surface area contributed by atoms with Gasteiger partial charge < -0.3 is 4.90 Å². The minimum atomic E-state index is -0.0719. The van der Waals surface area contributed by atoms with Gasteiger partial charge in [0.15, 0.2) is 5.69 Å². The number of para-hydroxylation sites is 1. The van der Waals surface area contributed by atoms with Gasteiger partial charge in [-0.3, -0.25) is 23.8 Å². The molecule has 0 atom stereocenters. The van der Waals surface area contributed by atoms with Crippen molar-refractivity contribution in [2.45, 2.75) is 19.4 Å². The monoisotopic (exact) mass is 428 g/mol. The van der Waals surface area contributed by atoms with Crippen LogP contribution < -0.4 is 5.56 Å². The van der Waals surface area contributed by atoms with Crippen molar-refractivity contribution in [3.8, 4) is 11.3 Å². The average Bonchev–Trinajstić information content (AvgIpc) is 3.17. The van der Waals surface area contributed by atoms with Crippen molar-refractivity contribution in [3.63, 3.8) is 0 Å². The summed E-state index contributed by atoms with van der Waals surface area (Å²) in [5.41, 5.74) is 2.84. The van der Waals surface area contributed by atoms with E-state index in [0.29, 0.717) is 36.9 Å². The van der Waals surface area contributed by atoms with E-state index in [1.165, 1.54) is 0 Å². The zero-order valence-corrected chi connectivity index (χ0v) is 17.9. The summed E-state index contributed by atoms with van der Waals surface area (Å²) in [7, 11) is 1.86. The van der Waals surface area contributed by atoms with Gasteiger partial charge in [0.2, 0.25) is 0 Å².